The molecule has 0 atom stereocenters. The molecule has 0 saturated heterocycles. The molecule has 8 nitrogen and oxygen atoms in total. The molecular weight excluding hydrogens is 320 g/mol. The number of rotatable bonds is 3. The summed E-state index contributed by atoms with van der Waals surface area (Å²) >= 11 is 0. The van der Waals surface area contributed by atoms with E-state index in [9.17, 15) is 4.79 Å². The maximum Gasteiger partial charge on any atom is 0.314 e. The molecule has 0 bridgehead atoms. The zero-order chi connectivity index (χ0) is 17.4. The van der Waals surface area contributed by atoms with Crippen LogP contribution in [0.25, 0.3) is 22.0 Å². The fourth-order valence-corrected chi connectivity index (χ4v) is 2.56. The molecule has 1 amide bonds. The first-order valence-corrected chi connectivity index (χ1v) is 7.58. The van der Waals surface area contributed by atoms with Crippen LogP contribution in [-0.4, -0.2) is 30.6 Å². The maximum absolute atomic E-state index is 12.1. The molecule has 0 unspecified atom stereocenters. The summed E-state index contributed by atoms with van der Waals surface area (Å²) in [5.41, 5.74) is 2.04. The number of aryl methyl sites for hydroxylation is 2. The lowest BCUT2D eigenvalue weighted by atomic mass is 10.1. The van der Waals surface area contributed by atoms with E-state index in [4.69, 9.17) is 4.42 Å². The first-order valence-electron chi connectivity index (χ1n) is 7.58. The van der Waals surface area contributed by atoms with Gasteiger partial charge in [-0.2, -0.15) is 0 Å². The van der Waals surface area contributed by atoms with Crippen molar-refractivity contribution in [2.24, 2.45) is 7.05 Å². The molecule has 25 heavy (non-hydrogen) atoms. The Kier molecular flexibility index (Phi) is 3.50. The second-order valence-electron chi connectivity index (χ2n) is 5.60. The third-order valence-corrected chi connectivity index (χ3v) is 3.80. The fourth-order valence-electron chi connectivity index (χ4n) is 2.56. The van der Waals surface area contributed by atoms with Crippen LogP contribution in [0.3, 0.4) is 0 Å². The van der Waals surface area contributed by atoms with Gasteiger partial charge in [0.1, 0.15) is 5.82 Å². The summed E-state index contributed by atoms with van der Waals surface area (Å²) in [6, 6.07) is 7.83. The van der Waals surface area contributed by atoms with Crippen LogP contribution in [0.5, 0.6) is 0 Å². The van der Waals surface area contributed by atoms with Crippen molar-refractivity contribution in [2.75, 3.05) is 5.32 Å². The number of imidazole rings is 1. The average Bonchev–Trinajstić information content (AvgIpc) is 3.22. The number of nitrogens with zero attached hydrogens (tertiary/aromatic N) is 5. The third kappa shape index (κ3) is 2.85. The number of aromatic nitrogens is 5. The number of nitrogens with one attached hydrogen (secondary N) is 1. The number of carbonyl (C=O) groups excluding carboxylic acids is 1. The van der Waals surface area contributed by atoms with Crippen molar-refractivity contribution in [2.45, 2.75) is 6.92 Å². The highest BCUT2D eigenvalue weighted by Gasteiger charge is 2.14. The van der Waals surface area contributed by atoms with Crippen molar-refractivity contribution < 1.29 is 9.21 Å². The lowest BCUT2D eigenvalue weighted by Gasteiger charge is -2.06. The SMILES string of the molecule is Cc1nnc(C(=O)Nc2cc3cc(-c4cncn4C)ccc3cn2)o1. The van der Waals surface area contributed by atoms with E-state index in [1.165, 1.54) is 0 Å². The summed E-state index contributed by atoms with van der Waals surface area (Å²) in [5, 5.41) is 11.9. The molecule has 0 radical (unpaired) electrons. The number of amides is 1. The van der Waals surface area contributed by atoms with Gasteiger partial charge in [0, 0.05) is 31.1 Å². The van der Waals surface area contributed by atoms with Crippen molar-refractivity contribution in [3.63, 3.8) is 0 Å². The monoisotopic (exact) mass is 334 g/mol. The molecule has 0 aliphatic rings. The number of benzene rings is 1. The minimum absolute atomic E-state index is 0.0944. The van der Waals surface area contributed by atoms with Gasteiger partial charge in [-0.05, 0) is 17.5 Å². The van der Waals surface area contributed by atoms with E-state index < -0.39 is 5.91 Å². The Hall–Kier alpha value is -3.55. The lowest BCUT2D eigenvalue weighted by molar-refractivity contribution is 0.0988. The van der Waals surface area contributed by atoms with Crippen molar-refractivity contribution in [1.29, 1.82) is 0 Å². The van der Waals surface area contributed by atoms with Gasteiger partial charge in [-0.1, -0.05) is 12.1 Å². The van der Waals surface area contributed by atoms with Crippen LogP contribution in [0, 0.1) is 6.92 Å². The average molecular weight is 334 g/mol. The molecule has 1 N–H and O–H groups in total. The second kappa shape index (κ2) is 5.82. The van der Waals surface area contributed by atoms with Gasteiger partial charge in [0.2, 0.25) is 5.89 Å². The van der Waals surface area contributed by atoms with Crippen molar-refractivity contribution >= 4 is 22.5 Å². The van der Waals surface area contributed by atoms with Crippen LogP contribution < -0.4 is 5.32 Å². The van der Waals surface area contributed by atoms with Crippen LogP contribution in [0.15, 0.2) is 47.4 Å². The highest BCUT2D eigenvalue weighted by Crippen LogP contribution is 2.25. The Labute approximate surface area is 142 Å². The van der Waals surface area contributed by atoms with Crippen LogP contribution in [0.4, 0.5) is 5.82 Å². The molecule has 3 aromatic heterocycles. The summed E-state index contributed by atoms with van der Waals surface area (Å²) in [5.74, 6) is 0.159. The predicted molar refractivity (Wildman–Crippen MR) is 90.9 cm³/mol. The highest BCUT2D eigenvalue weighted by molar-refractivity contribution is 6.01. The number of fused-ring (bicyclic) bond motifs is 1. The van der Waals surface area contributed by atoms with Gasteiger partial charge in [0.05, 0.1) is 18.2 Å². The Morgan fingerprint density at radius 1 is 1.16 bits per heavy atom. The van der Waals surface area contributed by atoms with Crippen molar-refractivity contribution in [3.8, 4) is 11.3 Å². The van der Waals surface area contributed by atoms with Gasteiger partial charge in [-0.25, -0.2) is 9.97 Å². The van der Waals surface area contributed by atoms with Gasteiger partial charge in [-0.15, -0.1) is 10.2 Å². The van der Waals surface area contributed by atoms with E-state index in [-0.39, 0.29) is 5.89 Å². The fraction of sp³-hybridized carbons (Fsp3) is 0.118. The number of anilines is 1. The van der Waals surface area contributed by atoms with E-state index in [1.54, 1.807) is 25.5 Å². The summed E-state index contributed by atoms with van der Waals surface area (Å²) < 4.78 is 7.06. The largest absolute Gasteiger partial charge is 0.417 e. The molecule has 4 aromatic rings. The van der Waals surface area contributed by atoms with E-state index in [0.717, 1.165) is 22.0 Å². The predicted octanol–water partition coefficient (Wildman–Crippen LogP) is 2.58. The molecule has 3 heterocycles. The first kappa shape index (κ1) is 15.0. The Morgan fingerprint density at radius 2 is 2.04 bits per heavy atom. The van der Waals surface area contributed by atoms with Gasteiger partial charge < -0.3 is 14.3 Å². The third-order valence-electron chi connectivity index (χ3n) is 3.80. The van der Waals surface area contributed by atoms with Crippen LogP contribution in [0.1, 0.15) is 16.6 Å². The molecule has 4 rings (SSSR count). The molecule has 124 valence electrons. The number of carbonyl (C=O) groups is 1. The van der Waals surface area contributed by atoms with E-state index in [2.05, 4.69) is 25.5 Å². The second-order valence-corrected chi connectivity index (χ2v) is 5.60. The number of hydrogen-bond donors (Lipinski definition) is 1. The van der Waals surface area contributed by atoms with Gasteiger partial charge in [0.15, 0.2) is 0 Å². The molecule has 8 heteroatoms. The van der Waals surface area contributed by atoms with Crippen LogP contribution in [0.2, 0.25) is 0 Å². The summed E-state index contributed by atoms with van der Waals surface area (Å²) in [4.78, 5) is 20.5. The topological polar surface area (TPSA) is 98.7 Å². The van der Waals surface area contributed by atoms with Gasteiger partial charge in [-0.3, -0.25) is 4.79 Å². The summed E-state index contributed by atoms with van der Waals surface area (Å²) in [6.07, 6.45) is 5.27. The van der Waals surface area contributed by atoms with E-state index in [1.807, 2.05) is 36.0 Å². The number of pyridine rings is 1. The minimum Gasteiger partial charge on any atom is -0.417 e. The Morgan fingerprint density at radius 3 is 2.76 bits per heavy atom. The molecule has 0 fully saturated rings. The number of hydrogen-bond acceptors (Lipinski definition) is 6. The van der Waals surface area contributed by atoms with Crippen molar-refractivity contribution in [1.82, 2.24) is 24.7 Å². The summed E-state index contributed by atoms with van der Waals surface area (Å²) in [6.45, 7) is 1.62. The highest BCUT2D eigenvalue weighted by atomic mass is 16.4. The van der Waals surface area contributed by atoms with Gasteiger partial charge in [0.25, 0.3) is 0 Å². The quantitative estimate of drug-likeness (QED) is 0.618. The standard InChI is InChI=1S/C17H14N6O2/c1-10-21-22-17(25-10)16(24)20-15-6-13-5-11(3-4-12(13)7-19-15)14-8-18-9-23(14)2/h3-9H,1-2H3,(H,19,20,24). The van der Waals surface area contributed by atoms with Crippen LogP contribution >= 0.6 is 0 Å². The van der Waals surface area contributed by atoms with Gasteiger partial charge >= 0.3 is 11.8 Å². The zero-order valence-electron chi connectivity index (χ0n) is 13.6. The smallest absolute Gasteiger partial charge is 0.314 e. The maximum atomic E-state index is 12.1. The normalized spacial score (nSPS) is 11.0. The van der Waals surface area contributed by atoms with E-state index >= 15 is 0 Å². The molecular formula is C17H14N6O2. The van der Waals surface area contributed by atoms with Crippen molar-refractivity contribution in [3.05, 3.63) is 54.8 Å². The van der Waals surface area contributed by atoms with Crippen LogP contribution in [-0.2, 0) is 7.05 Å². The molecule has 0 spiro atoms. The molecule has 0 aliphatic carbocycles. The summed E-state index contributed by atoms with van der Waals surface area (Å²) in [7, 11) is 1.94. The molecule has 0 aliphatic heterocycles. The first-order chi connectivity index (χ1) is 12.1. The molecule has 0 saturated carbocycles. The molecule has 1 aromatic carbocycles. The Bertz CT molecular complexity index is 1080. The zero-order valence-corrected chi connectivity index (χ0v) is 13.6. The minimum atomic E-state index is -0.491. The Balaban J connectivity index is 1.67. The van der Waals surface area contributed by atoms with E-state index in [0.29, 0.717) is 11.7 Å². The lowest BCUT2D eigenvalue weighted by Crippen LogP contribution is -2.13.